The molecule has 0 amide bonds. The summed E-state index contributed by atoms with van der Waals surface area (Å²) in [5.41, 5.74) is 7.51. The fourth-order valence-electron chi connectivity index (χ4n) is 1.12. The molecule has 1 heterocycles. The second-order valence-corrected chi connectivity index (χ2v) is 3.60. The first-order chi connectivity index (χ1) is 5.11. The van der Waals surface area contributed by atoms with Crippen LogP contribution in [0, 0.1) is 5.41 Å². The summed E-state index contributed by atoms with van der Waals surface area (Å²) in [6.45, 7) is 1.78. The van der Waals surface area contributed by atoms with E-state index in [1.165, 1.54) is 0 Å². The van der Waals surface area contributed by atoms with Gasteiger partial charge < -0.3 is 10.6 Å². The van der Waals surface area contributed by atoms with Crippen molar-refractivity contribution in [2.45, 2.75) is 6.42 Å². The molecule has 0 aromatic heterocycles. The fourth-order valence-corrected chi connectivity index (χ4v) is 1.50. The van der Waals surface area contributed by atoms with E-state index in [9.17, 15) is 0 Å². The van der Waals surface area contributed by atoms with Crippen LogP contribution in [0.3, 0.4) is 0 Å². The van der Waals surface area contributed by atoms with Gasteiger partial charge in [-0.05, 0) is 23.0 Å². The number of hydrogen-bond donors (Lipinski definition) is 2. The van der Waals surface area contributed by atoms with E-state index >= 15 is 0 Å². The normalized spacial score (nSPS) is 20.5. The highest BCUT2D eigenvalue weighted by molar-refractivity contribution is 9.18. The van der Waals surface area contributed by atoms with Gasteiger partial charge in [-0.2, -0.15) is 0 Å². The van der Waals surface area contributed by atoms with Crippen molar-refractivity contribution in [3.8, 4) is 0 Å². The summed E-state index contributed by atoms with van der Waals surface area (Å²) in [5.74, 6) is 0. The number of rotatable bonds is 1. The molecular formula is C7H12BrN3. The van der Waals surface area contributed by atoms with Crippen LogP contribution < -0.4 is 5.73 Å². The average molecular weight is 218 g/mol. The first kappa shape index (κ1) is 8.74. The zero-order valence-corrected chi connectivity index (χ0v) is 8.11. The number of halogens is 1. The molecule has 11 heavy (non-hydrogen) atoms. The Labute approximate surface area is 74.9 Å². The number of hydrogen-bond acceptors (Lipinski definition) is 3. The quantitative estimate of drug-likeness (QED) is 0.642. The van der Waals surface area contributed by atoms with Gasteiger partial charge in [-0.1, -0.05) is 0 Å². The van der Waals surface area contributed by atoms with Gasteiger partial charge in [-0.3, -0.25) is 5.41 Å². The Morgan fingerprint density at radius 1 is 1.73 bits per heavy atom. The minimum Gasteiger partial charge on any atom is -0.402 e. The lowest BCUT2D eigenvalue weighted by atomic mass is 10.1. The zero-order chi connectivity index (χ0) is 8.43. The molecule has 4 heteroatoms. The molecule has 0 bridgehead atoms. The van der Waals surface area contributed by atoms with Crippen molar-refractivity contribution >= 4 is 20.6 Å². The SMILES string of the molecule is CN1CCC(N)=C(C(=N)Br)C1. The zero-order valence-electron chi connectivity index (χ0n) is 6.52. The maximum absolute atomic E-state index is 7.36. The van der Waals surface area contributed by atoms with Gasteiger partial charge in [0.2, 0.25) is 0 Å². The Morgan fingerprint density at radius 3 is 2.82 bits per heavy atom. The van der Waals surface area contributed by atoms with Crippen molar-refractivity contribution in [2.24, 2.45) is 5.73 Å². The standard InChI is InChI=1S/C7H12BrN3/c1-11-3-2-6(9)5(4-11)7(8)10/h10H,2-4,9H2,1H3. The van der Waals surface area contributed by atoms with Gasteiger partial charge in [0.1, 0.15) is 4.62 Å². The van der Waals surface area contributed by atoms with E-state index in [0.717, 1.165) is 30.8 Å². The molecular weight excluding hydrogens is 206 g/mol. The van der Waals surface area contributed by atoms with Crippen molar-refractivity contribution in [3.05, 3.63) is 11.3 Å². The summed E-state index contributed by atoms with van der Waals surface area (Å²) < 4.78 is 0.418. The lowest BCUT2D eigenvalue weighted by Crippen LogP contribution is -2.31. The van der Waals surface area contributed by atoms with Gasteiger partial charge in [0, 0.05) is 30.8 Å². The topological polar surface area (TPSA) is 53.1 Å². The van der Waals surface area contributed by atoms with E-state index in [4.69, 9.17) is 11.1 Å². The Balaban J connectivity index is 2.80. The molecule has 0 unspecified atom stereocenters. The van der Waals surface area contributed by atoms with Crippen LogP contribution >= 0.6 is 15.9 Å². The Hall–Kier alpha value is -0.350. The average Bonchev–Trinajstić information content (AvgIpc) is 1.94. The van der Waals surface area contributed by atoms with Crippen LogP contribution in [0.4, 0.5) is 0 Å². The van der Waals surface area contributed by atoms with Gasteiger partial charge in [0.05, 0.1) is 0 Å². The Morgan fingerprint density at radius 2 is 2.36 bits per heavy atom. The maximum atomic E-state index is 7.36. The molecule has 1 rings (SSSR count). The molecule has 0 aliphatic carbocycles. The van der Waals surface area contributed by atoms with E-state index in [-0.39, 0.29) is 0 Å². The van der Waals surface area contributed by atoms with Gasteiger partial charge >= 0.3 is 0 Å². The van der Waals surface area contributed by atoms with Crippen LogP contribution in [0.1, 0.15) is 6.42 Å². The predicted molar refractivity (Wildman–Crippen MR) is 50.0 cm³/mol. The Bertz CT molecular complexity index is 210. The summed E-state index contributed by atoms with van der Waals surface area (Å²) in [6.07, 6.45) is 0.875. The molecule has 1 aliphatic heterocycles. The first-order valence-corrected chi connectivity index (χ1v) is 4.31. The number of likely N-dealkylation sites (N-methyl/N-ethyl adjacent to an activating group) is 1. The van der Waals surface area contributed by atoms with Crippen molar-refractivity contribution in [2.75, 3.05) is 20.1 Å². The van der Waals surface area contributed by atoms with Crippen LogP contribution in [0.15, 0.2) is 11.3 Å². The highest BCUT2D eigenvalue weighted by atomic mass is 79.9. The number of nitrogens with two attached hydrogens (primary N) is 1. The van der Waals surface area contributed by atoms with Gasteiger partial charge in [0.15, 0.2) is 0 Å². The molecule has 3 nitrogen and oxygen atoms in total. The third-order valence-corrected chi connectivity index (χ3v) is 2.32. The van der Waals surface area contributed by atoms with Gasteiger partial charge in [-0.25, -0.2) is 0 Å². The lowest BCUT2D eigenvalue weighted by molar-refractivity contribution is 0.353. The molecule has 0 aromatic carbocycles. The van der Waals surface area contributed by atoms with E-state index in [2.05, 4.69) is 20.8 Å². The third kappa shape index (κ3) is 2.04. The highest BCUT2D eigenvalue weighted by Gasteiger charge is 2.15. The number of nitrogens with one attached hydrogen (secondary N) is 1. The fraction of sp³-hybridized carbons (Fsp3) is 0.571. The Kier molecular flexibility index (Phi) is 2.67. The van der Waals surface area contributed by atoms with Crippen LogP contribution in [-0.2, 0) is 0 Å². The van der Waals surface area contributed by atoms with Crippen molar-refractivity contribution in [3.63, 3.8) is 0 Å². The molecule has 62 valence electrons. The van der Waals surface area contributed by atoms with Gasteiger partial charge in [-0.15, -0.1) is 0 Å². The van der Waals surface area contributed by atoms with Crippen molar-refractivity contribution < 1.29 is 0 Å². The lowest BCUT2D eigenvalue weighted by Gasteiger charge is -2.24. The highest BCUT2D eigenvalue weighted by Crippen LogP contribution is 2.15. The van der Waals surface area contributed by atoms with Crippen LogP contribution in [0.2, 0.25) is 0 Å². The minimum atomic E-state index is 0.418. The summed E-state index contributed by atoms with van der Waals surface area (Å²) >= 11 is 3.12. The molecule has 0 aromatic rings. The molecule has 0 saturated heterocycles. The minimum absolute atomic E-state index is 0.418. The molecule has 0 atom stereocenters. The smallest absolute Gasteiger partial charge is 0.103 e. The summed E-state index contributed by atoms with van der Waals surface area (Å²) in [6, 6.07) is 0. The number of nitrogens with zero attached hydrogens (tertiary/aromatic N) is 1. The van der Waals surface area contributed by atoms with E-state index in [1.807, 2.05) is 7.05 Å². The predicted octanol–water partition coefficient (Wildman–Crippen LogP) is 0.907. The molecule has 0 saturated carbocycles. The largest absolute Gasteiger partial charge is 0.402 e. The van der Waals surface area contributed by atoms with Crippen LogP contribution in [0.5, 0.6) is 0 Å². The third-order valence-electron chi connectivity index (χ3n) is 1.84. The second-order valence-electron chi connectivity index (χ2n) is 2.81. The second kappa shape index (κ2) is 3.36. The summed E-state index contributed by atoms with van der Waals surface area (Å²) in [5, 5.41) is 7.36. The van der Waals surface area contributed by atoms with Crippen molar-refractivity contribution in [1.82, 2.24) is 4.90 Å². The van der Waals surface area contributed by atoms with E-state index in [0.29, 0.717) is 4.62 Å². The maximum Gasteiger partial charge on any atom is 0.103 e. The van der Waals surface area contributed by atoms with E-state index in [1.54, 1.807) is 0 Å². The van der Waals surface area contributed by atoms with Crippen molar-refractivity contribution in [1.29, 1.82) is 5.41 Å². The summed E-state index contributed by atoms with van der Waals surface area (Å²) in [7, 11) is 2.03. The summed E-state index contributed by atoms with van der Waals surface area (Å²) in [4.78, 5) is 2.15. The molecule has 0 radical (unpaired) electrons. The molecule has 3 N–H and O–H groups in total. The van der Waals surface area contributed by atoms with Gasteiger partial charge in [0.25, 0.3) is 0 Å². The van der Waals surface area contributed by atoms with E-state index < -0.39 is 0 Å². The first-order valence-electron chi connectivity index (χ1n) is 3.51. The molecule has 0 fully saturated rings. The van der Waals surface area contributed by atoms with Crippen LogP contribution in [0.25, 0.3) is 0 Å². The molecule has 0 spiro atoms. The van der Waals surface area contributed by atoms with Crippen LogP contribution in [-0.4, -0.2) is 29.7 Å². The molecule has 1 aliphatic rings. The monoisotopic (exact) mass is 217 g/mol.